The number of thiophene rings is 1. The van der Waals surface area contributed by atoms with E-state index in [1.54, 1.807) is 39.3 Å². The van der Waals surface area contributed by atoms with Crippen LogP contribution < -0.4 is 9.47 Å². The Hall–Kier alpha value is -2.74. The molecule has 190 valence electrons. The van der Waals surface area contributed by atoms with Gasteiger partial charge in [0.25, 0.3) is 5.91 Å². The van der Waals surface area contributed by atoms with Crippen molar-refractivity contribution in [1.82, 2.24) is 9.80 Å². The number of carbonyl (C=O) groups excluding carboxylic acids is 2. The van der Waals surface area contributed by atoms with Crippen molar-refractivity contribution >= 4 is 46.4 Å². The van der Waals surface area contributed by atoms with Crippen LogP contribution in [-0.4, -0.2) is 41.0 Å². The highest BCUT2D eigenvalue weighted by Crippen LogP contribution is 2.33. The zero-order chi connectivity index (χ0) is 25.8. The van der Waals surface area contributed by atoms with Crippen LogP contribution in [0.4, 0.5) is 0 Å². The van der Waals surface area contributed by atoms with Gasteiger partial charge in [0.05, 0.1) is 16.6 Å². The minimum Gasteiger partial charge on any atom is -0.454 e. The molecule has 6 nitrogen and oxygen atoms in total. The van der Waals surface area contributed by atoms with Crippen molar-refractivity contribution in [2.24, 2.45) is 0 Å². The van der Waals surface area contributed by atoms with Gasteiger partial charge in [0.1, 0.15) is 6.54 Å². The fourth-order valence-electron chi connectivity index (χ4n) is 3.92. The van der Waals surface area contributed by atoms with Crippen molar-refractivity contribution in [3.8, 4) is 11.5 Å². The van der Waals surface area contributed by atoms with Gasteiger partial charge in [-0.1, -0.05) is 36.2 Å². The molecule has 2 aromatic carbocycles. The molecule has 1 aromatic heterocycles. The molecule has 0 radical (unpaired) electrons. The molecule has 2 amide bonds. The van der Waals surface area contributed by atoms with Crippen molar-refractivity contribution in [1.29, 1.82) is 0 Å². The fraction of sp³-hybridized carbons (Fsp3) is 0.333. The Morgan fingerprint density at radius 3 is 2.50 bits per heavy atom. The molecule has 36 heavy (non-hydrogen) atoms. The summed E-state index contributed by atoms with van der Waals surface area (Å²) < 4.78 is 10.9. The fourth-order valence-corrected chi connectivity index (χ4v) is 5.14. The minimum atomic E-state index is -0.258. The summed E-state index contributed by atoms with van der Waals surface area (Å²) in [5, 5.41) is 2.70. The number of benzene rings is 2. The molecule has 1 aliphatic heterocycles. The number of hydrogen-bond donors (Lipinski definition) is 0. The number of fused-ring (bicyclic) bond motifs is 1. The summed E-state index contributed by atoms with van der Waals surface area (Å²) in [6, 6.07) is 12.4. The van der Waals surface area contributed by atoms with Gasteiger partial charge in [0.15, 0.2) is 11.5 Å². The first-order valence-electron chi connectivity index (χ1n) is 11.7. The second-order valence-electron chi connectivity index (χ2n) is 8.78. The summed E-state index contributed by atoms with van der Waals surface area (Å²) in [7, 11) is 0. The Morgan fingerprint density at radius 2 is 1.81 bits per heavy atom. The predicted molar refractivity (Wildman–Crippen MR) is 143 cm³/mol. The molecule has 0 saturated heterocycles. The first-order valence-corrected chi connectivity index (χ1v) is 13.4. The van der Waals surface area contributed by atoms with Crippen molar-refractivity contribution in [2.45, 2.75) is 46.3 Å². The molecule has 3 aromatic rings. The summed E-state index contributed by atoms with van der Waals surface area (Å²) in [6.45, 7) is 6.93. The van der Waals surface area contributed by atoms with E-state index in [2.05, 4.69) is 0 Å². The lowest BCUT2D eigenvalue weighted by molar-refractivity contribution is -0.133. The number of nitrogens with zero attached hydrogens (tertiary/aromatic N) is 2. The number of aryl methyl sites for hydroxylation is 1. The van der Waals surface area contributed by atoms with Crippen LogP contribution in [0.5, 0.6) is 11.5 Å². The van der Waals surface area contributed by atoms with E-state index in [4.69, 9.17) is 32.7 Å². The van der Waals surface area contributed by atoms with Gasteiger partial charge < -0.3 is 19.3 Å². The van der Waals surface area contributed by atoms with Gasteiger partial charge in [-0.3, -0.25) is 9.59 Å². The molecule has 0 spiro atoms. The third kappa shape index (κ3) is 5.97. The van der Waals surface area contributed by atoms with Crippen molar-refractivity contribution in [2.75, 3.05) is 13.3 Å². The Bertz CT molecular complexity index is 1260. The van der Waals surface area contributed by atoms with E-state index in [1.807, 2.05) is 50.4 Å². The Balaban J connectivity index is 1.59. The normalized spacial score (nSPS) is 12.9. The van der Waals surface area contributed by atoms with E-state index in [-0.39, 0.29) is 31.2 Å². The van der Waals surface area contributed by atoms with E-state index in [1.165, 1.54) is 0 Å². The van der Waals surface area contributed by atoms with Crippen LogP contribution in [0.15, 0.2) is 47.8 Å². The van der Waals surface area contributed by atoms with Gasteiger partial charge >= 0.3 is 0 Å². The number of rotatable bonds is 9. The summed E-state index contributed by atoms with van der Waals surface area (Å²) in [4.78, 5) is 31.7. The van der Waals surface area contributed by atoms with Crippen LogP contribution in [0.25, 0.3) is 0 Å². The van der Waals surface area contributed by atoms with Gasteiger partial charge in [0, 0.05) is 23.0 Å². The molecule has 0 saturated carbocycles. The van der Waals surface area contributed by atoms with Crippen LogP contribution >= 0.6 is 34.5 Å². The molecule has 1 atom stereocenters. The molecule has 1 aliphatic rings. The van der Waals surface area contributed by atoms with E-state index >= 15 is 0 Å². The lowest BCUT2D eigenvalue weighted by atomic mass is 10.1. The van der Waals surface area contributed by atoms with E-state index in [0.29, 0.717) is 46.6 Å². The number of hydrogen-bond acceptors (Lipinski definition) is 5. The van der Waals surface area contributed by atoms with E-state index in [0.717, 1.165) is 16.0 Å². The smallest absolute Gasteiger partial charge is 0.254 e. The second-order valence-corrected chi connectivity index (χ2v) is 10.6. The molecule has 0 aliphatic carbocycles. The first kappa shape index (κ1) is 26.3. The summed E-state index contributed by atoms with van der Waals surface area (Å²) in [5.74, 6) is 0.963. The Morgan fingerprint density at radius 1 is 1.03 bits per heavy atom. The molecular weight excluding hydrogens is 519 g/mol. The van der Waals surface area contributed by atoms with Crippen LogP contribution in [0.3, 0.4) is 0 Å². The maximum atomic E-state index is 13.7. The third-order valence-corrected chi connectivity index (χ3v) is 8.07. The standard InChI is InChI=1S/C27H28Cl2N2O4S/c1-4-18(3)31(27(33)20-6-7-21(28)22(29)12-20)15-26(32)30(14-25-17(2)9-10-36-25)13-19-5-8-23-24(11-19)35-16-34-23/h5-12,18H,4,13-16H2,1-3H3/t18-/m0/s1. The van der Waals surface area contributed by atoms with Crippen LogP contribution in [-0.2, 0) is 17.9 Å². The average Bonchev–Trinajstić information content (AvgIpc) is 3.51. The Kier molecular flexibility index (Phi) is 8.44. The maximum absolute atomic E-state index is 13.7. The topological polar surface area (TPSA) is 59.1 Å². The molecule has 0 N–H and O–H groups in total. The van der Waals surface area contributed by atoms with Gasteiger partial charge in [0.2, 0.25) is 12.7 Å². The molecule has 2 heterocycles. The number of ether oxygens (including phenoxy) is 2. The van der Waals surface area contributed by atoms with Gasteiger partial charge in [-0.2, -0.15) is 0 Å². The summed E-state index contributed by atoms with van der Waals surface area (Å²) >= 11 is 13.8. The molecule has 0 fully saturated rings. The van der Waals surface area contributed by atoms with Crippen molar-refractivity contribution in [3.05, 3.63) is 79.5 Å². The lowest BCUT2D eigenvalue weighted by Crippen LogP contribution is -2.46. The quantitative estimate of drug-likeness (QED) is 0.305. The van der Waals surface area contributed by atoms with Gasteiger partial charge in [-0.15, -0.1) is 11.3 Å². The molecule has 0 bridgehead atoms. The monoisotopic (exact) mass is 546 g/mol. The van der Waals surface area contributed by atoms with Crippen LogP contribution in [0.1, 0.15) is 46.6 Å². The zero-order valence-electron chi connectivity index (χ0n) is 20.4. The minimum absolute atomic E-state index is 0.0525. The number of amides is 2. The number of carbonyl (C=O) groups is 2. The molecule has 4 rings (SSSR count). The summed E-state index contributed by atoms with van der Waals surface area (Å²) in [6.07, 6.45) is 0.701. The Labute approximate surface area is 225 Å². The zero-order valence-corrected chi connectivity index (χ0v) is 22.8. The van der Waals surface area contributed by atoms with Gasteiger partial charge in [-0.25, -0.2) is 0 Å². The third-order valence-electron chi connectivity index (χ3n) is 6.32. The van der Waals surface area contributed by atoms with Crippen molar-refractivity contribution < 1.29 is 19.1 Å². The largest absolute Gasteiger partial charge is 0.454 e. The molecular formula is C27H28Cl2N2O4S. The lowest BCUT2D eigenvalue weighted by Gasteiger charge is -2.31. The van der Waals surface area contributed by atoms with E-state index in [9.17, 15) is 9.59 Å². The van der Waals surface area contributed by atoms with Gasteiger partial charge in [-0.05, 0) is 73.2 Å². The average molecular weight is 548 g/mol. The summed E-state index contributed by atoms with van der Waals surface area (Å²) in [5.41, 5.74) is 2.45. The second kappa shape index (κ2) is 11.5. The number of halogens is 2. The maximum Gasteiger partial charge on any atom is 0.254 e. The highest BCUT2D eigenvalue weighted by atomic mass is 35.5. The van der Waals surface area contributed by atoms with E-state index < -0.39 is 0 Å². The predicted octanol–water partition coefficient (Wildman–Crippen LogP) is 6.56. The van der Waals surface area contributed by atoms with Crippen molar-refractivity contribution in [3.63, 3.8) is 0 Å². The SMILES string of the molecule is CC[C@H](C)N(CC(=O)N(Cc1ccc2c(c1)OCO2)Cc1sccc1C)C(=O)c1ccc(Cl)c(Cl)c1. The van der Waals surface area contributed by atoms with Crippen LogP contribution in [0.2, 0.25) is 10.0 Å². The van der Waals surface area contributed by atoms with Crippen LogP contribution in [0, 0.1) is 6.92 Å². The highest BCUT2D eigenvalue weighted by molar-refractivity contribution is 7.10. The first-order chi connectivity index (χ1) is 17.3. The highest BCUT2D eigenvalue weighted by Gasteiger charge is 2.27. The molecule has 9 heteroatoms. The molecule has 0 unspecified atom stereocenters.